The van der Waals surface area contributed by atoms with E-state index in [-0.39, 0.29) is 47.6 Å². The highest BCUT2D eigenvalue weighted by Gasteiger charge is 2.63. The van der Waals surface area contributed by atoms with E-state index in [9.17, 15) is 14.4 Å². The Bertz CT molecular complexity index is 1100. The quantitative estimate of drug-likeness (QED) is 0.675. The predicted octanol–water partition coefficient (Wildman–Crippen LogP) is 3.09. The Kier molecular flexibility index (Phi) is 5.00. The Hall–Kier alpha value is -3.55. The van der Waals surface area contributed by atoms with Gasteiger partial charge in [0.1, 0.15) is 17.6 Å². The largest absolute Gasteiger partial charge is 0.497 e. The summed E-state index contributed by atoms with van der Waals surface area (Å²) in [6.45, 7) is 0. The number of anilines is 2. The molecule has 2 amide bonds. The molecule has 5 rings (SSSR count). The Morgan fingerprint density at radius 2 is 1.88 bits per heavy atom. The maximum atomic E-state index is 13.0. The Balaban J connectivity index is 1.30. The maximum absolute atomic E-state index is 13.0. The van der Waals surface area contributed by atoms with Crippen LogP contribution in [0.4, 0.5) is 11.4 Å². The number of amides is 2. The summed E-state index contributed by atoms with van der Waals surface area (Å²) in [6.07, 6.45) is 1.61. The van der Waals surface area contributed by atoms with Crippen molar-refractivity contribution >= 4 is 29.2 Å². The van der Waals surface area contributed by atoms with Crippen molar-refractivity contribution in [2.75, 3.05) is 24.9 Å². The molecule has 1 aliphatic heterocycles. The van der Waals surface area contributed by atoms with E-state index in [4.69, 9.17) is 14.2 Å². The average molecular weight is 436 g/mol. The molecule has 2 aromatic rings. The van der Waals surface area contributed by atoms with E-state index >= 15 is 0 Å². The highest BCUT2D eigenvalue weighted by atomic mass is 16.6. The van der Waals surface area contributed by atoms with Gasteiger partial charge >= 0.3 is 5.97 Å². The van der Waals surface area contributed by atoms with Crippen LogP contribution in [0, 0.1) is 23.7 Å². The number of nitrogens with one attached hydrogen (secondary N) is 2. The van der Waals surface area contributed by atoms with E-state index in [0.717, 1.165) is 12.8 Å². The molecule has 8 heteroatoms. The number of hydrogen-bond acceptors (Lipinski definition) is 6. The molecule has 2 saturated carbocycles. The van der Waals surface area contributed by atoms with Crippen molar-refractivity contribution in [1.29, 1.82) is 0 Å². The summed E-state index contributed by atoms with van der Waals surface area (Å²) in [5, 5.41) is 5.72. The van der Waals surface area contributed by atoms with Gasteiger partial charge in [-0.2, -0.15) is 0 Å². The summed E-state index contributed by atoms with van der Waals surface area (Å²) in [5.41, 5.74) is 1.36. The van der Waals surface area contributed by atoms with Crippen LogP contribution in [-0.2, 0) is 14.3 Å². The zero-order valence-electron chi connectivity index (χ0n) is 17.8. The topological polar surface area (TPSA) is 103 Å². The van der Waals surface area contributed by atoms with Crippen LogP contribution in [0.3, 0.4) is 0 Å². The number of fused-ring (bicyclic) bond motifs is 1. The Morgan fingerprint density at radius 3 is 2.66 bits per heavy atom. The van der Waals surface area contributed by atoms with Crippen molar-refractivity contribution < 1.29 is 28.6 Å². The van der Waals surface area contributed by atoms with Gasteiger partial charge in [0.05, 0.1) is 31.7 Å². The Morgan fingerprint density at radius 1 is 1.03 bits per heavy atom. The fraction of sp³-hybridized carbons (Fsp3) is 0.375. The van der Waals surface area contributed by atoms with E-state index in [1.54, 1.807) is 49.6 Å². The smallest absolute Gasteiger partial charge is 0.310 e. The standard InChI is InChI=1S/C24H24N2O6/c1-30-15-6-7-18(31-2)17(11-15)26-22(27)12-4-3-5-14(8-12)25-23(28)20-13-9-16-19(10-13)32-24(29)21(16)20/h3-8,11,13,16,19-21H,9-10H2,1-2H3,(H,25,28)(H,26,27)/t13-,16-,19+,20-,21-/m1/s1. The minimum Gasteiger partial charge on any atom is -0.497 e. The van der Waals surface area contributed by atoms with Gasteiger partial charge in [-0.15, -0.1) is 0 Å². The van der Waals surface area contributed by atoms with Crippen LogP contribution in [0.15, 0.2) is 42.5 Å². The summed E-state index contributed by atoms with van der Waals surface area (Å²) in [5.74, 6) is -0.0772. The molecule has 166 valence electrons. The van der Waals surface area contributed by atoms with E-state index in [1.807, 2.05) is 0 Å². The molecular formula is C24H24N2O6. The SMILES string of the molecule is COc1ccc(OC)c(NC(=O)c2cccc(NC(=O)[C@@H]3[C@@H]4C[C@H]5[C@H]3C(=O)O[C@H]5C4)c2)c1. The molecule has 8 nitrogen and oxygen atoms in total. The molecule has 32 heavy (non-hydrogen) atoms. The zero-order chi connectivity index (χ0) is 22.4. The third-order valence-electron chi connectivity index (χ3n) is 6.83. The molecule has 0 aromatic heterocycles. The van der Waals surface area contributed by atoms with Crippen LogP contribution in [-0.4, -0.2) is 38.1 Å². The second-order valence-corrected chi connectivity index (χ2v) is 8.51. The molecule has 5 atom stereocenters. The Labute approximate surface area is 185 Å². The highest BCUT2D eigenvalue weighted by Crippen LogP contribution is 2.57. The van der Waals surface area contributed by atoms with Crippen molar-refractivity contribution in [2.45, 2.75) is 18.9 Å². The number of benzene rings is 2. The molecule has 0 unspecified atom stereocenters. The van der Waals surface area contributed by atoms with Gasteiger partial charge in [-0.1, -0.05) is 6.07 Å². The van der Waals surface area contributed by atoms with E-state index < -0.39 is 0 Å². The fourth-order valence-electron chi connectivity index (χ4n) is 5.43. The normalized spacial score (nSPS) is 27.1. The molecule has 3 aliphatic rings. The number of methoxy groups -OCH3 is 2. The summed E-state index contributed by atoms with van der Waals surface area (Å²) >= 11 is 0. The molecule has 2 aromatic carbocycles. The number of carbonyl (C=O) groups is 3. The average Bonchev–Trinajstić information content (AvgIpc) is 3.42. The minimum atomic E-state index is -0.371. The third-order valence-corrected chi connectivity index (χ3v) is 6.83. The molecule has 0 spiro atoms. The van der Waals surface area contributed by atoms with Crippen molar-refractivity contribution in [3.63, 3.8) is 0 Å². The van der Waals surface area contributed by atoms with Gasteiger partial charge in [0.2, 0.25) is 5.91 Å². The van der Waals surface area contributed by atoms with Crippen molar-refractivity contribution in [2.24, 2.45) is 23.7 Å². The first-order valence-corrected chi connectivity index (χ1v) is 10.6. The predicted molar refractivity (Wildman–Crippen MR) is 116 cm³/mol. The van der Waals surface area contributed by atoms with E-state index in [1.165, 1.54) is 7.11 Å². The summed E-state index contributed by atoms with van der Waals surface area (Å²) in [6, 6.07) is 11.8. The molecule has 2 N–H and O–H groups in total. The van der Waals surface area contributed by atoms with E-state index in [0.29, 0.717) is 28.4 Å². The van der Waals surface area contributed by atoms with Crippen LogP contribution >= 0.6 is 0 Å². The van der Waals surface area contributed by atoms with Crippen molar-refractivity contribution in [1.82, 2.24) is 0 Å². The first-order valence-electron chi connectivity index (χ1n) is 10.6. The minimum absolute atomic E-state index is 0.0119. The molecule has 3 fully saturated rings. The first-order chi connectivity index (χ1) is 15.5. The van der Waals surface area contributed by atoms with Gasteiger partial charge in [0.15, 0.2) is 0 Å². The number of esters is 1. The molecule has 2 aliphatic carbocycles. The van der Waals surface area contributed by atoms with Gasteiger partial charge in [0, 0.05) is 23.2 Å². The van der Waals surface area contributed by atoms with Crippen molar-refractivity contribution in [3.8, 4) is 11.5 Å². The lowest BCUT2D eigenvalue weighted by Gasteiger charge is -2.23. The van der Waals surface area contributed by atoms with E-state index in [2.05, 4.69) is 10.6 Å². The zero-order valence-corrected chi connectivity index (χ0v) is 17.8. The fourth-order valence-corrected chi connectivity index (χ4v) is 5.43. The van der Waals surface area contributed by atoms with Crippen LogP contribution in [0.1, 0.15) is 23.2 Å². The van der Waals surface area contributed by atoms with Crippen LogP contribution in [0.5, 0.6) is 11.5 Å². The second-order valence-electron chi connectivity index (χ2n) is 8.51. The number of hydrogen-bond donors (Lipinski definition) is 2. The van der Waals surface area contributed by atoms with Gasteiger partial charge in [-0.05, 0) is 49.1 Å². The molecule has 2 bridgehead atoms. The number of carbonyl (C=O) groups excluding carboxylic acids is 3. The molecular weight excluding hydrogens is 412 g/mol. The summed E-state index contributed by atoms with van der Waals surface area (Å²) in [4.78, 5) is 38.1. The lowest BCUT2D eigenvalue weighted by molar-refractivity contribution is -0.145. The number of ether oxygens (including phenoxy) is 3. The lowest BCUT2D eigenvalue weighted by atomic mass is 9.79. The highest BCUT2D eigenvalue weighted by molar-refractivity contribution is 6.06. The van der Waals surface area contributed by atoms with Gasteiger partial charge in [0.25, 0.3) is 5.91 Å². The summed E-state index contributed by atoms with van der Waals surface area (Å²) in [7, 11) is 3.06. The van der Waals surface area contributed by atoms with Crippen molar-refractivity contribution in [3.05, 3.63) is 48.0 Å². The third kappa shape index (κ3) is 3.36. The van der Waals surface area contributed by atoms with Gasteiger partial charge < -0.3 is 24.8 Å². The van der Waals surface area contributed by atoms with Crippen LogP contribution in [0.25, 0.3) is 0 Å². The number of rotatable bonds is 6. The molecule has 1 saturated heterocycles. The van der Waals surface area contributed by atoms with Gasteiger partial charge in [-0.3, -0.25) is 14.4 Å². The summed E-state index contributed by atoms with van der Waals surface area (Å²) < 4.78 is 15.9. The lowest BCUT2D eigenvalue weighted by Crippen LogP contribution is -2.35. The molecule has 0 radical (unpaired) electrons. The molecule has 1 heterocycles. The maximum Gasteiger partial charge on any atom is 0.310 e. The van der Waals surface area contributed by atoms with Crippen LogP contribution in [0.2, 0.25) is 0 Å². The monoisotopic (exact) mass is 436 g/mol. The second kappa shape index (κ2) is 7.85. The van der Waals surface area contributed by atoms with Gasteiger partial charge in [-0.25, -0.2) is 0 Å². The first kappa shape index (κ1) is 20.4. The van der Waals surface area contributed by atoms with Crippen LogP contribution < -0.4 is 20.1 Å².